The van der Waals surface area contributed by atoms with Crippen LogP contribution in [0.4, 0.5) is 7.77 Å². The molecule has 2 atom stereocenters. The summed E-state index contributed by atoms with van der Waals surface area (Å²) >= 11 is 3.15. The Kier molecular flexibility index (Phi) is 73.7. The maximum atomic E-state index is 11.4. The van der Waals surface area contributed by atoms with Crippen molar-refractivity contribution >= 4 is 72.9 Å². The Morgan fingerprint density at radius 3 is 0.982 bits per heavy atom. The van der Waals surface area contributed by atoms with Crippen LogP contribution in [0.1, 0.15) is 35.1 Å². The number of nitrogens with zero attached hydrogens (tertiary/aromatic N) is 8. The normalized spacial score (nSPS) is 10.8. The van der Waals surface area contributed by atoms with Gasteiger partial charge in [-0.2, -0.15) is 13.7 Å². The van der Waals surface area contributed by atoms with Crippen LogP contribution < -0.4 is 72.5 Å². The van der Waals surface area contributed by atoms with E-state index >= 15 is 0 Å². The van der Waals surface area contributed by atoms with Crippen molar-refractivity contribution < 1.29 is 119 Å². The largest absolute Gasteiger partial charge is 1.00 e. The van der Waals surface area contributed by atoms with Gasteiger partial charge >= 0.3 is 61.8 Å². The second-order valence-electron chi connectivity index (χ2n) is 12.7. The van der Waals surface area contributed by atoms with E-state index in [0.717, 1.165) is 44.3 Å². The molecule has 0 aromatic heterocycles. The third kappa shape index (κ3) is 133. The van der Waals surface area contributed by atoms with Crippen LogP contribution in [-0.2, 0) is 40.1 Å². The fraction of sp³-hybridized carbons (Fsp3) is 0.897. The number of halogens is 4. The van der Waals surface area contributed by atoms with Crippen LogP contribution in [-0.4, -0.2) is 204 Å². The Bertz CT molecular complexity index is 1230. The van der Waals surface area contributed by atoms with Crippen LogP contribution in [0.3, 0.4) is 0 Å². The summed E-state index contributed by atoms with van der Waals surface area (Å²) in [5.41, 5.74) is 0. The summed E-state index contributed by atoms with van der Waals surface area (Å²) in [5.74, 6) is 0. The van der Waals surface area contributed by atoms with Gasteiger partial charge in [-0.25, -0.2) is 25.3 Å². The first-order valence-electron chi connectivity index (χ1n) is 15.7. The van der Waals surface area contributed by atoms with Crippen molar-refractivity contribution in [2.75, 3.05) is 142 Å². The van der Waals surface area contributed by atoms with Gasteiger partial charge in [0.25, 0.3) is 0 Å². The Labute approximate surface area is 416 Å². The monoisotopic (exact) mass is 1100 g/mol. The third-order valence-corrected chi connectivity index (χ3v) is 10.3. The van der Waals surface area contributed by atoms with E-state index in [1.165, 1.54) is 46.2 Å². The van der Waals surface area contributed by atoms with E-state index in [4.69, 9.17) is 5.26 Å². The first kappa shape index (κ1) is 86.0. The Morgan fingerprint density at radius 2 is 0.912 bits per heavy atom. The molecule has 0 aliphatic rings. The molecule has 1 N–H and O–H groups in total. The van der Waals surface area contributed by atoms with Gasteiger partial charge in [0.1, 0.15) is 0 Å². The van der Waals surface area contributed by atoms with Crippen LogP contribution in [0.25, 0.3) is 4.13 Å². The molecular weight excluding hydrogens is 1030 g/mol. The summed E-state index contributed by atoms with van der Waals surface area (Å²) in [6.45, 7) is 17.5. The first-order valence-corrected chi connectivity index (χ1v) is 25.5. The molecule has 0 saturated carbocycles. The Hall–Kier alpha value is 1.85. The predicted octanol–water partition coefficient (Wildman–Crippen LogP) is -3.17. The molecule has 0 rings (SSSR count). The fourth-order valence-electron chi connectivity index (χ4n) is 1.92. The molecule has 0 spiro atoms. The van der Waals surface area contributed by atoms with E-state index in [0.29, 0.717) is 4.13 Å². The van der Waals surface area contributed by atoms with Crippen LogP contribution in [0.15, 0.2) is 0 Å². The maximum absolute atomic E-state index is 11.4. The molecule has 0 heterocycles. The number of rotatable bonds is 15. The second-order valence-corrected chi connectivity index (χ2v) is 22.6. The van der Waals surface area contributed by atoms with E-state index in [9.17, 15) is 41.4 Å². The average Bonchev–Trinajstić information content (AvgIpc) is 2.94. The number of quaternary nitrogens is 2. The zero-order valence-corrected chi connectivity index (χ0v) is 48.5. The molecule has 0 bridgehead atoms. The molecule has 28 heteroatoms. The van der Waals surface area contributed by atoms with E-state index in [-0.39, 0.29) is 75.8 Å². The topological polar surface area (TPSA) is 199 Å². The van der Waals surface area contributed by atoms with Gasteiger partial charge in [-0.15, -0.1) is 16.7 Å². The van der Waals surface area contributed by atoms with Gasteiger partial charge in [0.2, 0.25) is 20.1 Å². The van der Waals surface area contributed by atoms with Crippen molar-refractivity contribution in [1.82, 2.24) is 23.7 Å². The fourth-order valence-corrected chi connectivity index (χ4v) is 5.98. The minimum atomic E-state index is -5.27. The van der Waals surface area contributed by atoms with Gasteiger partial charge in [0.05, 0.1) is 70.1 Å². The van der Waals surface area contributed by atoms with Crippen LogP contribution in [0, 0.1) is 24.2 Å². The molecule has 2 unspecified atom stereocenters. The van der Waals surface area contributed by atoms with Gasteiger partial charge in [0, 0.05) is 46.9 Å². The van der Waals surface area contributed by atoms with Crippen LogP contribution in [0.5, 0.6) is 0 Å². The number of terminal acetylenes is 1. The molecule has 0 aliphatic carbocycles. The van der Waals surface area contributed by atoms with Gasteiger partial charge in [-0.1, -0.05) is 38.3 Å². The molecule has 57 heavy (non-hydrogen) atoms. The number of hydrogen-bond acceptors (Lipinski definition) is 13. The van der Waals surface area contributed by atoms with Crippen LogP contribution in [0.2, 0.25) is 0 Å². The third-order valence-electron chi connectivity index (χ3n) is 5.42. The first-order chi connectivity index (χ1) is 23.8. The molecule has 0 amide bonds. The summed E-state index contributed by atoms with van der Waals surface area (Å²) in [4.78, 5) is 8.82. The molecule has 348 valence electrons. The Balaban J connectivity index is -0.0000000486. The molecule has 0 aromatic rings. The average molecular weight is 1110 g/mol. The van der Waals surface area contributed by atoms with Gasteiger partial charge in [-0.05, 0) is 78.7 Å². The van der Waals surface area contributed by atoms with Crippen molar-refractivity contribution in [3.8, 4) is 18.9 Å². The summed E-state index contributed by atoms with van der Waals surface area (Å²) in [7, 11) is 9.40. The van der Waals surface area contributed by atoms with Gasteiger partial charge in [0.15, 0.2) is 0 Å². The van der Waals surface area contributed by atoms with E-state index < -0.39 is 40.1 Å². The maximum Gasteiger partial charge on any atom is 1.00 e. The van der Waals surface area contributed by atoms with Crippen LogP contribution >= 0.6 is 32.8 Å². The smallest absolute Gasteiger partial charge is 1.00 e. The van der Waals surface area contributed by atoms with Gasteiger partial charge in [-0.3, -0.25) is 0 Å². The Morgan fingerprint density at radius 1 is 0.702 bits per heavy atom. The van der Waals surface area contributed by atoms with E-state index in [1.54, 1.807) is 10.2 Å². The summed E-state index contributed by atoms with van der Waals surface area (Å²) < 4.78 is 105. The number of likely N-dealkylation sites (N-methyl/N-ethyl adjacent to an activating group) is 6. The van der Waals surface area contributed by atoms with Crippen molar-refractivity contribution in [2.24, 2.45) is 0 Å². The van der Waals surface area contributed by atoms with Crippen molar-refractivity contribution in [1.29, 1.82) is 5.26 Å². The molecule has 0 saturated heterocycles. The SMILES string of the molecule is C.C#C.CC#N.CCBr.CC[N+](C)(C)CCN(C)C.CC[N+](C)(C)CCN(C)C.CN(C)CCN(C)C.O=S(=O)(F)NS(=O)(=O)P.O=S(=O)(F)[N-]S(=O)(=O)P.[Br-].[K+]. The summed E-state index contributed by atoms with van der Waals surface area (Å²) in [6, 6.07) is 1.75. The molecule has 0 aliphatic heterocycles. The summed E-state index contributed by atoms with van der Waals surface area (Å²) in [5, 5.41) is 8.38. The number of nitriles is 1. The molecule has 17 nitrogen and oxygen atoms in total. The zero-order chi connectivity index (χ0) is 45.8. The molecule has 0 radical (unpaired) electrons. The summed E-state index contributed by atoms with van der Waals surface area (Å²) in [6.07, 6.45) is 8.00. The van der Waals surface area contributed by atoms with Crippen molar-refractivity contribution in [3.63, 3.8) is 0 Å². The van der Waals surface area contributed by atoms with E-state index in [1.807, 2.05) is 6.92 Å². The van der Waals surface area contributed by atoms with Crippen molar-refractivity contribution in [2.45, 2.75) is 35.1 Å². The van der Waals surface area contributed by atoms with Crippen molar-refractivity contribution in [3.05, 3.63) is 4.13 Å². The molecular formula is C29H77Br2F2KN9O8P2S4+. The van der Waals surface area contributed by atoms with Gasteiger partial charge < -0.3 is 49.7 Å². The molecule has 0 fully saturated rings. The minimum Gasteiger partial charge on any atom is -1.00 e. The molecule has 0 aromatic carbocycles. The minimum absolute atomic E-state index is 0. The number of hydrogen-bond donors (Lipinski definition) is 1. The zero-order valence-electron chi connectivity index (χ0n) is 36.7. The standard InChI is InChI=1S/2C8H21N2.C6H16N2.C2H5Br.C2H3N.C2H2.CH4.BrH.FH3NO4PS2.FH2NO4PS2.K/c2*1-6-10(4,5)8-7-9(2)3;1-7(2)5-6-8(3)4;2*1-2-3;1-2;;;2*1-8(3,4)2-9(5,6)7;/h2*6-8H2,1-5H3;5-6H2,1-4H3;2H2,1H3;1H3;1-2H;1H4;1H;2H,7H2;7H2;/q2*+1;;;;;;;;-1;+1/p-1. The van der Waals surface area contributed by atoms with E-state index in [2.05, 4.69) is 147 Å². The number of alkyl halides is 1. The predicted molar refractivity (Wildman–Crippen MR) is 240 cm³/mol. The number of nitrogens with one attached hydrogen (secondary N) is 1. The second kappa shape index (κ2) is 48.9. The quantitative estimate of drug-likeness (QED) is 0.0431.